The molecule has 0 fully saturated rings. The predicted octanol–water partition coefficient (Wildman–Crippen LogP) is 1.92. The van der Waals surface area contributed by atoms with E-state index in [0.717, 1.165) is 16.5 Å². The van der Waals surface area contributed by atoms with E-state index in [9.17, 15) is 14.4 Å². The summed E-state index contributed by atoms with van der Waals surface area (Å²) in [5.41, 5.74) is 1.87. The number of rotatable bonds is 8. The van der Waals surface area contributed by atoms with Gasteiger partial charge in [0.1, 0.15) is 12.1 Å². The fourth-order valence-corrected chi connectivity index (χ4v) is 3.03. The lowest BCUT2D eigenvalue weighted by molar-refractivity contribution is -0.146. The van der Waals surface area contributed by atoms with Crippen LogP contribution in [0.25, 0.3) is 10.9 Å². The lowest BCUT2D eigenvalue weighted by Crippen LogP contribution is -2.54. The Morgan fingerprint density at radius 1 is 1.19 bits per heavy atom. The highest BCUT2D eigenvalue weighted by molar-refractivity contribution is 5.91. The lowest BCUT2D eigenvalue weighted by Gasteiger charge is -2.25. The van der Waals surface area contributed by atoms with E-state index in [0.29, 0.717) is 12.8 Å². The number of H-pyrrole nitrogens is 1. The number of carbonyl (C=O) groups is 3. The smallest absolute Gasteiger partial charge is 0.328 e. The highest BCUT2D eigenvalue weighted by Crippen LogP contribution is 2.19. The molecule has 0 saturated carbocycles. The molecule has 146 valence electrons. The minimum atomic E-state index is -0.794. The molecular weight excluding hydrogens is 346 g/mol. The summed E-state index contributed by atoms with van der Waals surface area (Å²) in [4.78, 5) is 39.7. The van der Waals surface area contributed by atoms with Crippen molar-refractivity contribution in [3.63, 3.8) is 0 Å². The van der Waals surface area contributed by atoms with Crippen LogP contribution >= 0.6 is 0 Å². The van der Waals surface area contributed by atoms with Gasteiger partial charge in [-0.2, -0.15) is 0 Å². The maximum Gasteiger partial charge on any atom is 0.328 e. The monoisotopic (exact) mass is 373 g/mol. The van der Waals surface area contributed by atoms with Gasteiger partial charge in [0.2, 0.25) is 11.8 Å². The minimum Gasteiger partial charge on any atom is -0.467 e. The molecule has 27 heavy (non-hydrogen) atoms. The summed E-state index contributed by atoms with van der Waals surface area (Å²) in [6, 6.07) is 6.20. The van der Waals surface area contributed by atoms with E-state index in [4.69, 9.17) is 4.74 Å². The third kappa shape index (κ3) is 5.09. The fraction of sp³-hybridized carbons (Fsp3) is 0.450. The van der Waals surface area contributed by atoms with Gasteiger partial charge in [-0.3, -0.25) is 9.59 Å². The molecule has 0 saturated heterocycles. The van der Waals surface area contributed by atoms with Gasteiger partial charge >= 0.3 is 5.97 Å². The number of hydrogen-bond acceptors (Lipinski definition) is 4. The molecule has 0 unspecified atom stereocenters. The van der Waals surface area contributed by atoms with Gasteiger partial charge in [-0.1, -0.05) is 38.5 Å². The second kappa shape index (κ2) is 9.21. The molecule has 2 aromatic rings. The first-order valence-corrected chi connectivity index (χ1v) is 9.07. The summed E-state index contributed by atoms with van der Waals surface area (Å²) in [5, 5.41) is 6.42. The van der Waals surface area contributed by atoms with Crippen molar-refractivity contribution >= 4 is 28.7 Å². The second-order valence-electron chi connectivity index (χ2n) is 6.71. The summed E-state index contributed by atoms with van der Waals surface area (Å²) >= 11 is 0. The van der Waals surface area contributed by atoms with Crippen molar-refractivity contribution in [2.45, 2.75) is 45.7 Å². The summed E-state index contributed by atoms with van der Waals surface area (Å²) in [6.07, 6.45) is 2.84. The van der Waals surface area contributed by atoms with E-state index in [1.54, 1.807) is 0 Å². The largest absolute Gasteiger partial charge is 0.467 e. The number of ether oxygens (including phenoxy) is 1. The van der Waals surface area contributed by atoms with Gasteiger partial charge in [0, 0.05) is 30.4 Å². The molecule has 1 aromatic heterocycles. The molecule has 0 spiro atoms. The van der Waals surface area contributed by atoms with Crippen molar-refractivity contribution in [1.29, 1.82) is 0 Å². The summed E-state index contributed by atoms with van der Waals surface area (Å²) in [5.74, 6) is -1.31. The molecule has 2 rings (SSSR count). The number of hydrogen-bond donors (Lipinski definition) is 3. The summed E-state index contributed by atoms with van der Waals surface area (Å²) in [7, 11) is 1.29. The van der Waals surface area contributed by atoms with E-state index in [-0.39, 0.29) is 11.8 Å². The first-order valence-electron chi connectivity index (χ1n) is 9.07. The Hall–Kier alpha value is -2.83. The number of aromatic amines is 1. The normalized spacial score (nSPS) is 14.2. The average Bonchev–Trinajstić information content (AvgIpc) is 3.06. The topological polar surface area (TPSA) is 100 Å². The number of benzene rings is 1. The Bertz CT molecular complexity index is 814. The highest BCUT2D eigenvalue weighted by Gasteiger charge is 2.30. The molecule has 0 radical (unpaired) electrons. The van der Waals surface area contributed by atoms with E-state index in [2.05, 4.69) is 15.6 Å². The number of carbonyl (C=O) groups excluding carboxylic acids is 3. The van der Waals surface area contributed by atoms with E-state index < -0.39 is 24.0 Å². The Morgan fingerprint density at radius 3 is 2.52 bits per heavy atom. The molecule has 1 aromatic carbocycles. The summed E-state index contributed by atoms with van der Waals surface area (Å²) < 4.78 is 4.81. The van der Waals surface area contributed by atoms with Crippen LogP contribution in [-0.2, 0) is 25.5 Å². The Balaban J connectivity index is 2.22. The van der Waals surface area contributed by atoms with Crippen molar-refractivity contribution < 1.29 is 19.1 Å². The molecule has 0 aliphatic rings. The van der Waals surface area contributed by atoms with Gasteiger partial charge in [0.05, 0.1) is 7.11 Å². The van der Waals surface area contributed by atoms with Crippen LogP contribution in [0.1, 0.15) is 32.8 Å². The molecule has 7 nitrogen and oxygen atoms in total. The van der Waals surface area contributed by atoms with Crippen LogP contribution in [0.4, 0.5) is 0 Å². The fourth-order valence-electron chi connectivity index (χ4n) is 3.03. The zero-order chi connectivity index (χ0) is 20.0. The van der Waals surface area contributed by atoms with Gasteiger partial charge < -0.3 is 20.4 Å². The Kier molecular flexibility index (Phi) is 6.98. The van der Waals surface area contributed by atoms with Gasteiger partial charge in [0.25, 0.3) is 0 Å². The molecule has 1 heterocycles. The van der Waals surface area contributed by atoms with Gasteiger partial charge in [-0.15, -0.1) is 0 Å². The van der Waals surface area contributed by atoms with Crippen LogP contribution in [0.2, 0.25) is 0 Å². The third-order valence-electron chi connectivity index (χ3n) is 4.76. The molecular formula is C20H27N3O4. The minimum absolute atomic E-state index is 0.0903. The molecule has 0 aliphatic heterocycles. The molecule has 0 bridgehead atoms. The molecule has 3 atom stereocenters. The number of esters is 1. The van der Waals surface area contributed by atoms with E-state index in [1.807, 2.05) is 44.3 Å². The number of nitrogens with one attached hydrogen (secondary N) is 3. The quantitative estimate of drug-likeness (QED) is 0.616. The van der Waals surface area contributed by atoms with E-state index in [1.165, 1.54) is 14.0 Å². The van der Waals surface area contributed by atoms with Crippen LogP contribution in [0, 0.1) is 5.92 Å². The Morgan fingerprint density at radius 2 is 1.89 bits per heavy atom. The number of methoxy groups -OCH3 is 1. The predicted molar refractivity (Wildman–Crippen MR) is 103 cm³/mol. The van der Waals surface area contributed by atoms with Crippen molar-refractivity contribution in [2.24, 2.45) is 5.92 Å². The third-order valence-corrected chi connectivity index (χ3v) is 4.76. The zero-order valence-electron chi connectivity index (χ0n) is 16.2. The number of para-hydroxylation sites is 1. The number of amides is 2. The van der Waals surface area contributed by atoms with Crippen molar-refractivity contribution in [2.75, 3.05) is 7.11 Å². The van der Waals surface area contributed by atoms with E-state index >= 15 is 0 Å². The summed E-state index contributed by atoms with van der Waals surface area (Å²) in [6.45, 7) is 5.17. The van der Waals surface area contributed by atoms with Crippen LogP contribution in [0.15, 0.2) is 30.5 Å². The maximum absolute atomic E-state index is 12.8. The highest BCUT2D eigenvalue weighted by atomic mass is 16.5. The average molecular weight is 373 g/mol. The molecule has 0 aliphatic carbocycles. The number of aromatic nitrogens is 1. The number of fused-ring (bicyclic) bond motifs is 1. The molecule has 2 amide bonds. The van der Waals surface area contributed by atoms with Crippen LogP contribution in [0.3, 0.4) is 0 Å². The zero-order valence-corrected chi connectivity index (χ0v) is 16.2. The van der Waals surface area contributed by atoms with Crippen LogP contribution in [-0.4, -0.2) is 42.0 Å². The van der Waals surface area contributed by atoms with Gasteiger partial charge in [0.15, 0.2) is 0 Å². The van der Waals surface area contributed by atoms with Gasteiger partial charge in [-0.05, 0) is 17.5 Å². The lowest BCUT2D eigenvalue weighted by atomic mass is 9.98. The molecule has 3 N–H and O–H groups in total. The first kappa shape index (κ1) is 20.5. The van der Waals surface area contributed by atoms with Gasteiger partial charge in [-0.25, -0.2) is 4.79 Å². The molecule has 7 heteroatoms. The van der Waals surface area contributed by atoms with Crippen molar-refractivity contribution in [1.82, 2.24) is 15.6 Å². The maximum atomic E-state index is 12.8. The second-order valence-corrected chi connectivity index (χ2v) is 6.71. The van der Waals surface area contributed by atoms with Crippen molar-refractivity contribution in [3.05, 3.63) is 36.0 Å². The van der Waals surface area contributed by atoms with Crippen LogP contribution < -0.4 is 10.6 Å². The SMILES string of the molecule is CC[C@H](C)[C@H](NC(=O)[C@H](Cc1c[nH]c2ccccc12)NC(C)=O)C(=O)OC. The van der Waals surface area contributed by atoms with Crippen LogP contribution in [0.5, 0.6) is 0 Å². The first-order chi connectivity index (χ1) is 12.9. The van der Waals surface area contributed by atoms with Crippen molar-refractivity contribution in [3.8, 4) is 0 Å². The Labute approximate surface area is 158 Å². The standard InChI is InChI=1S/C20H27N3O4/c1-5-12(2)18(20(26)27-4)23-19(25)17(22-13(3)24)10-14-11-21-16-9-7-6-8-15(14)16/h6-9,11-12,17-18,21H,5,10H2,1-4H3,(H,22,24)(H,23,25)/t12-,17-,18-/m0/s1.